The Labute approximate surface area is 101 Å². The summed E-state index contributed by atoms with van der Waals surface area (Å²) in [5.74, 6) is 0.565. The van der Waals surface area contributed by atoms with Crippen molar-refractivity contribution >= 4 is 15.9 Å². The third-order valence-corrected chi connectivity index (χ3v) is 4.74. The maximum atomic E-state index is 12.2. The summed E-state index contributed by atoms with van der Waals surface area (Å²) < 4.78 is 29.5. The van der Waals surface area contributed by atoms with E-state index in [0.717, 1.165) is 5.56 Å². The molecule has 4 nitrogen and oxygen atoms in total. The van der Waals surface area contributed by atoms with E-state index in [2.05, 4.69) is 5.32 Å². The molecular formula is C12H15NO3S. The summed E-state index contributed by atoms with van der Waals surface area (Å²) in [5, 5.41) is 2.95. The summed E-state index contributed by atoms with van der Waals surface area (Å²) in [5.41, 5.74) is 0.747. The molecule has 92 valence electrons. The molecule has 0 aromatic heterocycles. The maximum Gasteiger partial charge on any atom is 0.203 e. The van der Waals surface area contributed by atoms with Crippen LogP contribution in [0.25, 0.3) is 6.08 Å². The Morgan fingerprint density at radius 2 is 2.12 bits per heavy atom. The third-order valence-electron chi connectivity index (χ3n) is 2.79. The molecule has 1 heterocycles. The van der Waals surface area contributed by atoms with Crippen LogP contribution in [0.15, 0.2) is 28.0 Å². The zero-order valence-electron chi connectivity index (χ0n) is 9.86. The van der Waals surface area contributed by atoms with E-state index >= 15 is 0 Å². The van der Waals surface area contributed by atoms with Crippen molar-refractivity contribution in [1.29, 1.82) is 0 Å². The van der Waals surface area contributed by atoms with Gasteiger partial charge in [0.05, 0.1) is 16.9 Å². The van der Waals surface area contributed by atoms with Crippen molar-refractivity contribution in [2.45, 2.75) is 11.3 Å². The van der Waals surface area contributed by atoms with Crippen LogP contribution < -0.4 is 10.1 Å². The molecule has 1 aromatic carbocycles. The van der Waals surface area contributed by atoms with Crippen molar-refractivity contribution in [2.75, 3.05) is 20.7 Å². The Balaban J connectivity index is 2.41. The number of methoxy groups -OCH3 is 1. The smallest absolute Gasteiger partial charge is 0.203 e. The Hall–Kier alpha value is -1.33. The van der Waals surface area contributed by atoms with Crippen LogP contribution in [0, 0.1) is 0 Å². The lowest BCUT2D eigenvalue weighted by Crippen LogP contribution is -2.11. The molecule has 0 saturated heterocycles. The van der Waals surface area contributed by atoms with E-state index in [9.17, 15) is 8.42 Å². The minimum atomic E-state index is -3.31. The van der Waals surface area contributed by atoms with Crippen LogP contribution in [0.5, 0.6) is 5.75 Å². The van der Waals surface area contributed by atoms with Gasteiger partial charge in [-0.2, -0.15) is 0 Å². The fourth-order valence-corrected chi connectivity index (χ4v) is 3.48. The zero-order chi connectivity index (χ0) is 12.5. The molecule has 0 spiro atoms. The number of nitrogens with one attached hydrogen (secondary N) is 1. The standard InChI is InChI=1S/C12H15NO3S/c1-13-6-5-11-7-9-3-4-10(16-2)8-12(9)17(11,14)15/h3-4,7-8,13H,5-6H2,1-2H3. The van der Waals surface area contributed by atoms with E-state index in [0.29, 0.717) is 28.5 Å². The summed E-state index contributed by atoms with van der Waals surface area (Å²) in [4.78, 5) is 0.818. The van der Waals surface area contributed by atoms with Gasteiger partial charge in [0.2, 0.25) is 9.84 Å². The van der Waals surface area contributed by atoms with Crippen molar-refractivity contribution in [3.05, 3.63) is 28.7 Å². The average Bonchev–Trinajstić information content (AvgIpc) is 2.58. The highest BCUT2D eigenvalue weighted by Gasteiger charge is 2.29. The van der Waals surface area contributed by atoms with E-state index in [1.807, 2.05) is 0 Å². The first-order chi connectivity index (χ1) is 8.09. The lowest BCUT2D eigenvalue weighted by atomic mass is 10.2. The van der Waals surface area contributed by atoms with Crippen molar-refractivity contribution in [2.24, 2.45) is 0 Å². The van der Waals surface area contributed by atoms with E-state index in [1.165, 1.54) is 7.11 Å². The summed E-state index contributed by atoms with van der Waals surface area (Å²) in [7, 11) is 0.0202. The molecule has 0 saturated carbocycles. The van der Waals surface area contributed by atoms with Crippen LogP contribution in [0.1, 0.15) is 12.0 Å². The number of rotatable bonds is 4. The van der Waals surface area contributed by atoms with E-state index < -0.39 is 9.84 Å². The topological polar surface area (TPSA) is 55.4 Å². The molecule has 1 aliphatic heterocycles. The summed E-state index contributed by atoms with van der Waals surface area (Å²) in [6.45, 7) is 0.649. The van der Waals surface area contributed by atoms with Crippen molar-refractivity contribution in [1.82, 2.24) is 5.32 Å². The average molecular weight is 253 g/mol. The second kappa shape index (κ2) is 4.50. The molecular weight excluding hydrogens is 238 g/mol. The highest BCUT2D eigenvalue weighted by Crippen LogP contribution is 2.36. The summed E-state index contributed by atoms with van der Waals surface area (Å²) in [6.07, 6.45) is 2.25. The minimum absolute atomic E-state index is 0.350. The molecule has 0 amide bonds. The predicted octanol–water partition coefficient (Wildman–Crippen LogP) is 1.43. The molecule has 1 aromatic rings. The van der Waals surface area contributed by atoms with Gasteiger partial charge in [0.1, 0.15) is 5.75 Å². The second-order valence-electron chi connectivity index (χ2n) is 3.87. The molecule has 1 N–H and O–H groups in total. The van der Waals surface area contributed by atoms with Gasteiger partial charge in [-0.25, -0.2) is 8.42 Å². The molecule has 5 heteroatoms. The monoisotopic (exact) mass is 253 g/mol. The summed E-state index contributed by atoms with van der Waals surface area (Å²) >= 11 is 0. The fraction of sp³-hybridized carbons (Fsp3) is 0.333. The number of benzene rings is 1. The van der Waals surface area contributed by atoms with Crippen LogP contribution >= 0.6 is 0 Å². The third kappa shape index (κ3) is 2.08. The number of sulfone groups is 1. The van der Waals surface area contributed by atoms with Crippen LogP contribution in [-0.4, -0.2) is 29.1 Å². The normalized spacial score (nSPS) is 16.5. The Kier molecular flexibility index (Phi) is 3.22. The van der Waals surface area contributed by atoms with Crippen molar-refractivity contribution < 1.29 is 13.2 Å². The van der Waals surface area contributed by atoms with Gasteiger partial charge < -0.3 is 10.1 Å². The molecule has 0 bridgehead atoms. The molecule has 0 unspecified atom stereocenters. The van der Waals surface area contributed by atoms with Gasteiger partial charge in [-0.1, -0.05) is 0 Å². The van der Waals surface area contributed by atoms with Crippen molar-refractivity contribution in [3.63, 3.8) is 0 Å². The molecule has 0 radical (unpaired) electrons. The SMILES string of the molecule is CNCCC1=Cc2ccc(OC)cc2S1(=O)=O. The minimum Gasteiger partial charge on any atom is -0.497 e. The number of hydrogen-bond acceptors (Lipinski definition) is 4. The first-order valence-electron chi connectivity index (χ1n) is 5.38. The first kappa shape index (κ1) is 12.1. The number of ether oxygens (including phenoxy) is 1. The highest BCUT2D eigenvalue weighted by molar-refractivity contribution is 7.95. The van der Waals surface area contributed by atoms with E-state index in [4.69, 9.17) is 4.74 Å². The lowest BCUT2D eigenvalue weighted by molar-refractivity contribution is 0.413. The fourth-order valence-electron chi connectivity index (χ4n) is 1.84. The summed E-state index contributed by atoms with van der Waals surface area (Å²) in [6, 6.07) is 5.12. The zero-order valence-corrected chi connectivity index (χ0v) is 10.7. The highest BCUT2D eigenvalue weighted by atomic mass is 32.2. The van der Waals surface area contributed by atoms with Gasteiger partial charge in [-0.15, -0.1) is 0 Å². The Morgan fingerprint density at radius 1 is 1.35 bits per heavy atom. The van der Waals surface area contributed by atoms with E-state index in [-0.39, 0.29) is 0 Å². The number of fused-ring (bicyclic) bond motifs is 1. The largest absolute Gasteiger partial charge is 0.497 e. The maximum absolute atomic E-state index is 12.2. The van der Waals surface area contributed by atoms with Gasteiger partial charge in [0.25, 0.3) is 0 Å². The van der Waals surface area contributed by atoms with Gasteiger partial charge in [-0.05, 0) is 49.9 Å². The van der Waals surface area contributed by atoms with Gasteiger partial charge >= 0.3 is 0 Å². The van der Waals surface area contributed by atoms with Gasteiger partial charge in [0.15, 0.2) is 0 Å². The molecule has 2 rings (SSSR count). The predicted molar refractivity (Wildman–Crippen MR) is 66.7 cm³/mol. The quantitative estimate of drug-likeness (QED) is 0.882. The number of hydrogen-bond donors (Lipinski definition) is 1. The van der Waals surface area contributed by atoms with Crippen LogP contribution in [-0.2, 0) is 9.84 Å². The second-order valence-corrected chi connectivity index (χ2v) is 5.84. The molecule has 0 atom stereocenters. The Morgan fingerprint density at radius 3 is 2.76 bits per heavy atom. The molecule has 17 heavy (non-hydrogen) atoms. The van der Waals surface area contributed by atoms with Gasteiger partial charge in [-0.3, -0.25) is 0 Å². The molecule has 1 aliphatic rings. The van der Waals surface area contributed by atoms with Crippen LogP contribution in [0.2, 0.25) is 0 Å². The molecule has 0 aliphatic carbocycles. The van der Waals surface area contributed by atoms with Crippen LogP contribution in [0.3, 0.4) is 0 Å². The van der Waals surface area contributed by atoms with Gasteiger partial charge in [0, 0.05) is 0 Å². The Bertz CT molecular complexity index is 561. The first-order valence-corrected chi connectivity index (χ1v) is 6.86. The van der Waals surface area contributed by atoms with Crippen LogP contribution in [0.4, 0.5) is 0 Å². The van der Waals surface area contributed by atoms with Crippen molar-refractivity contribution in [3.8, 4) is 5.75 Å². The molecule has 0 fully saturated rings. The lowest BCUT2D eigenvalue weighted by Gasteiger charge is -2.05. The van der Waals surface area contributed by atoms with E-state index in [1.54, 1.807) is 31.3 Å².